The van der Waals surface area contributed by atoms with Crippen LogP contribution in [0, 0.1) is 6.92 Å². The van der Waals surface area contributed by atoms with Gasteiger partial charge in [-0.05, 0) is 54.6 Å². The van der Waals surface area contributed by atoms with Crippen LogP contribution in [-0.2, 0) is 10.9 Å². The van der Waals surface area contributed by atoms with E-state index in [1.807, 2.05) is 0 Å². The number of nitrogens with zero attached hydrogens (tertiary/aromatic N) is 1. The third-order valence-electron chi connectivity index (χ3n) is 4.71. The monoisotopic (exact) mass is 399 g/mol. The van der Waals surface area contributed by atoms with E-state index in [0.29, 0.717) is 38.8 Å². The minimum absolute atomic E-state index is 0.0200. The number of hydrogen-bond acceptors (Lipinski definition) is 4. The summed E-state index contributed by atoms with van der Waals surface area (Å²) >= 11 is 0. The Balaban J connectivity index is 1.89. The molecule has 2 heterocycles. The second kappa shape index (κ2) is 6.92. The summed E-state index contributed by atoms with van der Waals surface area (Å²) in [6, 6.07) is 11.5. The second-order valence-electron chi connectivity index (χ2n) is 6.56. The van der Waals surface area contributed by atoms with Crippen molar-refractivity contribution in [3.63, 3.8) is 0 Å². The van der Waals surface area contributed by atoms with Gasteiger partial charge in [0, 0.05) is 17.0 Å². The minimum atomic E-state index is -4.55. The number of halogens is 3. The number of esters is 1. The predicted molar refractivity (Wildman–Crippen MR) is 103 cm³/mol. The maximum atomic E-state index is 13.4. The van der Waals surface area contributed by atoms with Crippen molar-refractivity contribution >= 4 is 27.7 Å². The van der Waals surface area contributed by atoms with E-state index in [-0.39, 0.29) is 12.0 Å². The fourth-order valence-electron chi connectivity index (χ4n) is 3.43. The highest BCUT2D eigenvalue weighted by Gasteiger charge is 2.34. The van der Waals surface area contributed by atoms with Crippen LogP contribution in [-0.4, -0.2) is 17.6 Å². The van der Waals surface area contributed by atoms with E-state index < -0.39 is 17.8 Å². The average Bonchev–Trinajstić information content (AvgIpc) is 3.01. The molecule has 29 heavy (non-hydrogen) atoms. The quantitative estimate of drug-likeness (QED) is 0.388. The molecule has 4 aromatic rings. The number of aryl methyl sites for hydroxylation is 1. The molecule has 0 unspecified atom stereocenters. The van der Waals surface area contributed by atoms with Gasteiger partial charge in [-0.25, -0.2) is 4.79 Å². The lowest BCUT2D eigenvalue weighted by Crippen LogP contribution is -2.08. The number of carbonyl (C=O) groups excluding carboxylic acids is 1. The van der Waals surface area contributed by atoms with Crippen molar-refractivity contribution in [2.24, 2.45) is 0 Å². The highest BCUT2D eigenvalue weighted by atomic mass is 19.4. The van der Waals surface area contributed by atoms with Crippen molar-refractivity contribution in [3.8, 4) is 11.1 Å². The van der Waals surface area contributed by atoms with Crippen LogP contribution >= 0.6 is 0 Å². The highest BCUT2D eigenvalue weighted by Crippen LogP contribution is 2.36. The summed E-state index contributed by atoms with van der Waals surface area (Å²) < 4.78 is 50.8. The van der Waals surface area contributed by atoms with Gasteiger partial charge in [0.2, 0.25) is 0 Å². The number of fused-ring (bicyclic) bond motifs is 2. The lowest BCUT2D eigenvalue weighted by Gasteiger charge is -2.11. The predicted octanol–water partition coefficient (Wildman–Crippen LogP) is 6.15. The molecule has 0 bridgehead atoms. The first-order chi connectivity index (χ1) is 13.8. The first kappa shape index (κ1) is 19.0. The fourth-order valence-corrected chi connectivity index (χ4v) is 3.43. The summed E-state index contributed by atoms with van der Waals surface area (Å²) in [4.78, 5) is 15.8. The Hall–Kier alpha value is -3.35. The first-order valence-corrected chi connectivity index (χ1v) is 8.96. The molecule has 0 saturated heterocycles. The Morgan fingerprint density at radius 2 is 1.76 bits per heavy atom. The van der Waals surface area contributed by atoms with Crippen molar-refractivity contribution in [1.29, 1.82) is 0 Å². The Morgan fingerprint density at radius 1 is 1.07 bits per heavy atom. The van der Waals surface area contributed by atoms with Crippen LogP contribution in [0.5, 0.6) is 0 Å². The van der Waals surface area contributed by atoms with Crippen LogP contribution in [0.4, 0.5) is 13.2 Å². The molecule has 0 atom stereocenters. The number of carbonyl (C=O) groups is 1. The van der Waals surface area contributed by atoms with Gasteiger partial charge in [-0.15, -0.1) is 0 Å². The third kappa shape index (κ3) is 3.33. The molecule has 0 amide bonds. The standard InChI is InChI=1S/C22H16F3NO3/c1-3-28-21(27)19-12(2)29-18-7-6-15(11-17(18)19)14-5-4-13-8-9-26-20(16(13)10-14)22(23,24)25/h4-11H,3H2,1-2H3. The maximum Gasteiger partial charge on any atom is 0.433 e. The molecule has 148 valence electrons. The summed E-state index contributed by atoms with van der Waals surface area (Å²) in [6.45, 7) is 3.61. The topological polar surface area (TPSA) is 52.3 Å². The molecular weight excluding hydrogens is 383 g/mol. The highest BCUT2D eigenvalue weighted by molar-refractivity contribution is 6.05. The zero-order valence-electron chi connectivity index (χ0n) is 15.6. The minimum Gasteiger partial charge on any atom is -0.462 e. The third-order valence-corrected chi connectivity index (χ3v) is 4.71. The van der Waals surface area contributed by atoms with Crippen molar-refractivity contribution in [1.82, 2.24) is 4.98 Å². The van der Waals surface area contributed by atoms with Gasteiger partial charge in [-0.1, -0.05) is 18.2 Å². The van der Waals surface area contributed by atoms with Gasteiger partial charge in [-0.3, -0.25) is 4.98 Å². The number of alkyl halides is 3. The van der Waals surface area contributed by atoms with E-state index in [9.17, 15) is 18.0 Å². The summed E-state index contributed by atoms with van der Waals surface area (Å²) in [7, 11) is 0. The lowest BCUT2D eigenvalue weighted by atomic mass is 9.98. The van der Waals surface area contributed by atoms with E-state index in [4.69, 9.17) is 9.15 Å². The van der Waals surface area contributed by atoms with Crippen molar-refractivity contribution in [2.75, 3.05) is 6.61 Å². The summed E-state index contributed by atoms with van der Waals surface area (Å²) in [5, 5.41) is 1.02. The largest absolute Gasteiger partial charge is 0.462 e. The molecule has 4 nitrogen and oxygen atoms in total. The van der Waals surface area contributed by atoms with Crippen LogP contribution < -0.4 is 0 Å². The zero-order chi connectivity index (χ0) is 20.8. The second-order valence-corrected chi connectivity index (χ2v) is 6.56. The van der Waals surface area contributed by atoms with E-state index in [0.717, 1.165) is 6.20 Å². The number of ether oxygens (including phenoxy) is 1. The normalized spacial score (nSPS) is 11.9. The van der Waals surface area contributed by atoms with Gasteiger partial charge in [0.1, 0.15) is 16.9 Å². The summed E-state index contributed by atoms with van der Waals surface area (Å²) in [5.74, 6) is -0.0689. The summed E-state index contributed by atoms with van der Waals surface area (Å²) in [5.41, 5.74) is 1.13. The number of furan rings is 1. The summed E-state index contributed by atoms with van der Waals surface area (Å²) in [6.07, 6.45) is -3.41. The maximum absolute atomic E-state index is 13.4. The Bertz CT molecular complexity index is 1240. The SMILES string of the molecule is CCOC(=O)c1c(C)oc2ccc(-c3ccc4ccnc(C(F)(F)F)c4c3)cc12. The van der Waals surface area contributed by atoms with E-state index in [2.05, 4.69) is 4.98 Å². The molecule has 2 aromatic carbocycles. The molecule has 0 radical (unpaired) electrons. The number of hydrogen-bond donors (Lipinski definition) is 0. The molecule has 0 N–H and O–H groups in total. The van der Waals surface area contributed by atoms with Crippen LogP contribution in [0.1, 0.15) is 28.7 Å². The number of aromatic nitrogens is 1. The molecule has 0 saturated carbocycles. The Morgan fingerprint density at radius 3 is 2.45 bits per heavy atom. The van der Waals surface area contributed by atoms with Crippen LogP contribution in [0.25, 0.3) is 32.9 Å². The van der Waals surface area contributed by atoms with Gasteiger partial charge in [0.15, 0.2) is 5.69 Å². The van der Waals surface area contributed by atoms with E-state index in [1.165, 1.54) is 12.1 Å². The van der Waals surface area contributed by atoms with Gasteiger partial charge < -0.3 is 9.15 Å². The van der Waals surface area contributed by atoms with Gasteiger partial charge in [-0.2, -0.15) is 13.2 Å². The molecule has 0 aliphatic carbocycles. The van der Waals surface area contributed by atoms with Crippen molar-refractivity contribution in [3.05, 3.63) is 65.7 Å². The number of rotatable bonds is 3. The van der Waals surface area contributed by atoms with Crippen LogP contribution in [0.3, 0.4) is 0 Å². The number of pyridine rings is 1. The smallest absolute Gasteiger partial charge is 0.433 e. The number of benzene rings is 2. The van der Waals surface area contributed by atoms with Crippen molar-refractivity contribution < 1.29 is 27.1 Å². The lowest BCUT2D eigenvalue weighted by molar-refractivity contribution is -0.139. The van der Waals surface area contributed by atoms with Gasteiger partial charge in [0.05, 0.1) is 6.61 Å². The average molecular weight is 399 g/mol. The molecule has 2 aromatic heterocycles. The van der Waals surface area contributed by atoms with Crippen molar-refractivity contribution in [2.45, 2.75) is 20.0 Å². The molecule has 0 fully saturated rings. The van der Waals surface area contributed by atoms with Crippen LogP contribution in [0.2, 0.25) is 0 Å². The van der Waals surface area contributed by atoms with E-state index >= 15 is 0 Å². The Kier molecular flexibility index (Phi) is 4.53. The van der Waals surface area contributed by atoms with Crippen LogP contribution in [0.15, 0.2) is 53.1 Å². The van der Waals surface area contributed by atoms with Gasteiger partial charge in [0.25, 0.3) is 0 Å². The molecule has 0 aliphatic rings. The molecule has 0 spiro atoms. The Labute approximate surface area is 163 Å². The first-order valence-electron chi connectivity index (χ1n) is 8.96. The van der Waals surface area contributed by atoms with E-state index in [1.54, 1.807) is 44.2 Å². The molecule has 4 rings (SSSR count). The zero-order valence-corrected chi connectivity index (χ0v) is 15.6. The van der Waals surface area contributed by atoms with Gasteiger partial charge >= 0.3 is 12.1 Å². The molecular formula is C22H16F3NO3. The molecule has 0 aliphatic heterocycles. The molecule has 7 heteroatoms. The fraction of sp³-hybridized carbons (Fsp3) is 0.182.